The molecule has 1 saturated carbocycles. The first-order valence-electron chi connectivity index (χ1n) is 10.7. The van der Waals surface area contributed by atoms with Gasteiger partial charge in [0.25, 0.3) is 0 Å². The summed E-state index contributed by atoms with van der Waals surface area (Å²) in [5, 5.41) is 2.02. The quantitative estimate of drug-likeness (QED) is 0.231. The third-order valence-electron chi connectivity index (χ3n) is 5.33. The minimum absolute atomic E-state index is 0.579. The predicted molar refractivity (Wildman–Crippen MR) is 128 cm³/mol. The molecule has 0 heterocycles. The van der Waals surface area contributed by atoms with Crippen LogP contribution < -0.4 is 4.74 Å². The van der Waals surface area contributed by atoms with E-state index in [1.54, 1.807) is 11.8 Å². The second kappa shape index (κ2) is 10.8. The normalized spacial score (nSPS) is 15.4. The van der Waals surface area contributed by atoms with Crippen molar-refractivity contribution in [1.82, 2.24) is 0 Å². The molecule has 1 fully saturated rings. The van der Waals surface area contributed by atoms with Gasteiger partial charge in [-0.15, -0.1) is 0 Å². The number of para-hydroxylation sites is 1. The molecule has 152 valence electrons. The summed E-state index contributed by atoms with van der Waals surface area (Å²) in [5.41, 5.74) is 2.35. The number of ether oxygens (including phenoxy) is 1. The number of benzene rings is 3. The lowest BCUT2D eigenvalue weighted by molar-refractivity contribution is 0.443. The molecule has 0 saturated heterocycles. The van der Waals surface area contributed by atoms with E-state index in [1.165, 1.54) is 42.6 Å². The molecule has 0 aromatic heterocycles. The van der Waals surface area contributed by atoms with Crippen molar-refractivity contribution in [3.8, 4) is 5.75 Å². The van der Waals surface area contributed by atoms with Crippen molar-refractivity contribution in [2.45, 2.75) is 42.9 Å². The van der Waals surface area contributed by atoms with Gasteiger partial charge in [-0.2, -0.15) is 0 Å². The van der Waals surface area contributed by atoms with E-state index in [0.29, 0.717) is 11.8 Å². The van der Waals surface area contributed by atoms with Crippen LogP contribution in [-0.4, -0.2) is 5.90 Å². The Kier molecular flexibility index (Phi) is 7.41. The van der Waals surface area contributed by atoms with Gasteiger partial charge < -0.3 is 4.74 Å². The Morgan fingerprint density at radius 3 is 2.17 bits per heavy atom. The molecule has 3 aromatic carbocycles. The lowest BCUT2D eigenvalue weighted by Gasteiger charge is -2.21. The summed E-state index contributed by atoms with van der Waals surface area (Å²) in [6.07, 6.45) is 8.63. The van der Waals surface area contributed by atoms with Crippen LogP contribution in [0.25, 0.3) is 0 Å². The molecule has 1 aliphatic rings. The van der Waals surface area contributed by atoms with Gasteiger partial charge >= 0.3 is 0 Å². The molecule has 0 amide bonds. The zero-order chi connectivity index (χ0) is 20.4. The molecule has 0 aliphatic heterocycles. The van der Waals surface area contributed by atoms with Crippen molar-refractivity contribution < 1.29 is 4.74 Å². The van der Waals surface area contributed by atoms with Gasteiger partial charge in [-0.05, 0) is 66.1 Å². The molecular weight excluding hydrogens is 386 g/mol. The average Bonchev–Trinajstić information content (AvgIpc) is 2.81. The molecule has 30 heavy (non-hydrogen) atoms. The molecule has 2 nitrogen and oxygen atoms in total. The Morgan fingerprint density at radius 1 is 0.800 bits per heavy atom. The Bertz CT molecular complexity index is 959. The van der Waals surface area contributed by atoms with E-state index in [1.807, 2.05) is 60.0 Å². The van der Waals surface area contributed by atoms with E-state index in [0.717, 1.165) is 11.4 Å². The third kappa shape index (κ3) is 6.11. The van der Waals surface area contributed by atoms with Crippen molar-refractivity contribution in [2.75, 3.05) is 0 Å². The monoisotopic (exact) mass is 413 g/mol. The molecule has 1 aliphatic carbocycles. The van der Waals surface area contributed by atoms with Crippen LogP contribution in [0.3, 0.4) is 0 Å². The van der Waals surface area contributed by atoms with E-state index in [2.05, 4.69) is 36.4 Å². The molecule has 0 unspecified atom stereocenters. The van der Waals surface area contributed by atoms with Gasteiger partial charge in [0.2, 0.25) is 5.90 Å². The van der Waals surface area contributed by atoms with Crippen LogP contribution in [0.4, 0.5) is 5.69 Å². The van der Waals surface area contributed by atoms with Gasteiger partial charge in [0, 0.05) is 11.0 Å². The van der Waals surface area contributed by atoms with Gasteiger partial charge in [-0.3, -0.25) is 0 Å². The van der Waals surface area contributed by atoms with Crippen molar-refractivity contribution >= 4 is 23.3 Å². The molecule has 3 heteroatoms. The van der Waals surface area contributed by atoms with Crippen LogP contribution in [0.15, 0.2) is 106 Å². The van der Waals surface area contributed by atoms with Gasteiger partial charge in [-0.25, -0.2) is 4.99 Å². The van der Waals surface area contributed by atoms with Gasteiger partial charge in [0.05, 0.1) is 5.69 Å². The summed E-state index contributed by atoms with van der Waals surface area (Å²) in [6.45, 7) is 0. The zero-order valence-electron chi connectivity index (χ0n) is 17.1. The van der Waals surface area contributed by atoms with E-state index in [9.17, 15) is 0 Å². The standard InChI is InChI=1S/C27H27NOS/c1-4-10-22(11-5-1)23-16-18-24(19-17-23)28-27(29-25-12-6-2-7-13-25)20-21-30-26-14-8-3-9-15-26/h2-3,6-9,12-22H,1,4-5,10-11H2. The maximum absolute atomic E-state index is 6.05. The van der Waals surface area contributed by atoms with Crippen LogP contribution in [-0.2, 0) is 0 Å². The van der Waals surface area contributed by atoms with Gasteiger partial charge in [0.1, 0.15) is 5.75 Å². The Labute approximate surface area is 183 Å². The van der Waals surface area contributed by atoms with E-state index in [-0.39, 0.29) is 0 Å². The van der Waals surface area contributed by atoms with Crippen LogP contribution in [0, 0.1) is 0 Å². The molecule has 0 N–H and O–H groups in total. The van der Waals surface area contributed by atoms with E-state index < -0.39 is 0 Å². The highest BCUT2D eigenvalue weighted by Crippen LogP contribution is 2.33. The minimum Gasteiger partial charge on any atom is -0.439 e. The Balaban J connectivity index is 1.50. The highest BCUT2D eigenvalue weighted by Gasteiger charge is 2.15. The molecule has 0 atom stereocenters. The summed E-state index contributed by atoms with van der Waals surface area (Å²) in [6, 6.07) is 28.8. The molecular formula is C27H27NOS. The van der Waals surface area contributed by atoms with Crippen molar-refractivity contribution in [2.24, 2.45) is 4.99 Å². The number of rotatable bonds is 6. The maximum atomic E-state index is 6.05. The highest BCUT2D eigenvalue weighted by atomic mass is 32.2. The molecule has 0 spiro atoms. The summed E-state index contributed by atoms with van der Waals surface area (Å²) < 4.78 is 6.05. The molecule has 3 aromatic rings. The van der Waals surface area contributed by atoms with Crippen LogP contribution in [0.1, 0.15) is 43.6 Å². The topological polar surface area (TPSA) is 21.6 Å². The van der Waals surface area contributed by atoms with Crippen molar-refractivity contribution in [1.29, 1.82) is 0 Å². The molecule has 4 rings (SSSR count). The number of hydrogen-bond donors (Lipinski definition) is 0. The summed E-state index contributed by atoms with van der Waals surface area (Å²) in [4.78, 5) is 5.95. The van der Waals surface area contributed by atoms with Crippen LogP contribution in [0.5, 0.6) is 5.75 Å². The third-order valence-corrected chi connectivity index (χ3v) is 6.15. The highest BCUT2D eigenvalue weighted by molar-refractivity contribution is 8.02. The van der Waals surface area contributed by atoms with Crippen molar-refractivity contribution in [3.05, 3.63) is 102 Å². The first-order valence-corrected chi connectivity index (χ1v) is 11.5. The van der Waals surface area contributed by atoms with Crippen LogP contribution >= 0.6 is 11.8 Å². The minimum atomic E-state index is 0.579. The summed E-state index contributed by atoms with van der Waals surface area (Å²) in [5.74, 6) is 2.07. The number of hydrogen-bond acceptors (Lipinski definition) is 3. The number of thioether (sulfide) groups is 1. The van der Waals surface area contributed by atoms with Gasteiger partial charge in [-0.1, -0.05) is 79.6 Å². The van der Waals surface area contributed by atoms with Crippen molar-refractivity contribution in [3.63, 3.8) is 0 Å². The Hall–Kier alpha value is -2.78. The zero-order valence-corrected chi connectivity index (χ0v) is 17.9. The van der Waals surface area contributed by atoms with E-state index in [4.69, 9.17) is 9.73 Å². The average molecular weight is 414 g/mol. The first kappa shape index (κ1) is 20.5. The predicted octanol–water partition coefficient (Wildman–Crippen LogP) is 8.15. The SMILES string of the molecule is C(=CC(=Nc1ccc(C2CCCCC2)cc1)Oc1ccccc1)Sc1ccccc1. The fraction of sp³-hybridized carbons (Fsp3) is 0.222. The second-order valence-corrected chi connectivity index (χ2v) is 8.50. The second-order valence-electron chi connectivity index (χ2n) is 7.53. The first-order chi connectivity index (χ1) is 14.9. The smallest absolute Gasteiger partial charge is 0.220 e. The largest absolute Gasteiger partial charge is 0.439 e. The summed E-state index contributed by atoms with van der Waals surface area (Å²) in [7, 11) is 0. The lowest BCUT2D eigenvalue weighted by atomic mass is 9.84. The summed E-state index contributed by atoms with van der Waals surface area (Å²) >= 11 is 1.65. The number of aliphatic imine (C=N–C) groups is 1. The fourth-order valence-electron chi connectivity index (χ4n) is 3.76. The lowest BCUT2D eigenvalue weighted by Crippen LogP contribution is -2.05. The van der Waals surface area contributed by atoms with E-state index >= 15 is 0 Å². The number of nitrogens with zero attached hydrogens (tertiary/aromatic N) is 1. The Morgan fingerprint density at radius 2 is 1.47 bits per heavy atom. The molecule has 0 bridgehead atoms. The molecule has 0 radical (unpaired) electrons. The maximum Gasteiger partial charge on any atom is 0.220 e. The fourth-order valence-corrected chi connectivity index (χ4v) is 4.41. The van der Waals surface area contributed by atoms with Crippen LogP contribution in [0.2, 0.25) is 0 Å². The van der Waals surface area contributed by atoms with Gasteiger partial charge in [0.15, 0.2) is 0 Å².